The van der Waals surface area contributed by atoms with Crippen LogP contribution in [0.1, 0.15) is 12.0 Å². The van der Waals surface area contributed by atoms with Crippen LogP contribution in [0.3, 0.4) is 0 Å². The summed E-state index contributed by atoms with van der Waals surface area (Å²) in [6.45, 7) is -0.545. The lowest BCUT2D eigenvalue weighted by atomic mass is 10.2. The molecule has 0 aromatic heterocycles. The van der Waals surface area contributed by atoms with Crippen LogP contribution in [-0.2, 0) is 25.7 Å². The van der Waals surface area contributed by atoms with Crippen LogP contribution in [0.5, 0.6) is 0 Å². The third-order valence-corrected chi connectivity index (χ3v) is 3.09. The van der Waals surface area contributed by atoms with Crippen LogP contribution in [-0.4, -0.2) is 41.8 Å². The zero-order valence-corrected chi connectivity index (χ0v) is 12.2. The Morgan fingerprint density at radius 1 is 1.29 bits per heavy atom. The Morgan fingerprint density at radius 3 is 2.50 bits per heavy atom. The van der Waals surface area contributed by atoms with Crippen molar-refractivity contribution in [2.24, 2.45) is 0 Å². The Morgan fingerprint density at radius 2 is 1.96 bits per heavy atom. The molecule has 2 rings (SSSR count). The number of benzene rings is 1. The van der Waals surface area contributed by atoms with E-state index in [0.717, 1.165) is 0 Å². The molecule has 0 aliphatic carbocycles. The lowest BCUT2D eigenvalue weighted by Gasteiger charge is -2.26. The lowest BCUT2D eigenvalue weighted by Crippen LogP contribution is -2.55. The van der Waals surface area contributed by atoms with Crippen LogP contribution in [0.15, 0.2) is 30.3 Å². The normalized spacial score (nSPS) is 17.1. The fraction of sp³-hybridized carbons (Fsp3) is 0.357. The molecule has 2 amide bonds. The van der Waals surface area contributed by atoms with Crippen molar-refractivity contribution in [3.05, 3.63) is 35.9 Å². The van der Waals surface area contributed by atoms with Crippen molar-refractivity contribution >= 4 is 18.0 Å². The molecule has 1 aliphatic rings. The van der Waals surface area contributed by atoms with Gasteiger partial charge in [-0.2, -0.15) is 13.2 Å². The van der Waals surface area contributed by atoms with Gasteiger partial charge in [0.25, 0.3) is 0 Å². The van der Waals surface area contributed by atoms with Crippen molar-refractivity contribution < 1.29 is 37.0 Å². The highest BCUT2D eigenvalue weighted by Crippen LogP contribution is 2.18. The van der Waals surface area contributed by atoms with Gasteiger partial charge >= 0.3 is 24.1 Å². The molecule has 1 saturated heterocycles. The van der Waals surface area contributed by atoms with E-state index in [1.807, 2.05) is 0 Å². The third-order valence-electron chi connectivity index (χ3n) is 3.09. The average Bonchev–Trinajstić information content (AvgIpc) is 2.96. The summed E-state index contributed by atoms with van der Waals surface area (Å²) in [5.41, 5.74) is 2.02. The maximum absolute atomic E-state index is 12.4. The molecule has 0 saturated carbocycles. The van der Waals surface area contributed by atoms with E-state index in [-0.39, 0.29) is 19.6 Å². The zero-order chi connectivity index (χ0) is 17.7. The molecule has 1 heterocycles. The van der Waals surface area contributed by atoms with Gasteiger partial charge in [0, 0.05) is 0 Å². The van der Waals surface area contributed by atoms with E-state index in [1.54, 1.807) is 30.3 Å². The molecular formula is C14H13F3N2O5. The Kier molecular flexibility index (Phi) is 5.27. The van der Waals surface area contributed by atoms with E-state index < -0.39 is 30.2 Å². The summed E-state index contributed by atoms with van der Waals surface area (Å²) < 4.78 is 46.7. The number of cyclic esters (lactones) is 1. The monoisotopic (exact) mass is 346 g/mol. The van der Waals surface area contributed by atoms with E-state index in [9.17, 15) is 27.6 Å². The first-order valence-electron chi connectivity index (χ1n) is 6.80. The van der Waals surface area contributed by atoms with Crippen molar-refractivity contribution in [2.75, 3.05) is 6.61 Å². The number of esters is 1. The van der Waals surface area contributed by atoms with Crippen LogP contribution < -0.4 is 5.43 Å². The third kappa shape index (κ3) is 4.61. The minimum absolute atomic E-state index is 0.209. The molecule has 10 heteroatoms. The zero-order valence-electron chi connectivity index (χ0n) is 12.2. The van der Waals surface area contributed by atoms with Crippen molar-refractivity contribution in [1.82, 2.24) is 10.4 Å². The molecule has 1 aromatic rings. The molecule has 130 valence electrons. The fourth-order valence-corrected chi connectivity index (χ4v) is 1.91. The second kappa shape index (κ2) is 7.20. The van der Waals surface area contributed by atoms with Crippen LogP contribution in [0.2, 0.25) is 0 Å². The predicted octanol–water partition coefficient (Wildman–Crippen LogP) is 1.53. The smallest absolute Gasteiger partial charge is 0.463 e. The number of ether oxygens (including phenoxy) is 2. The van der Waals surface area contributed by atoms with E-state index in [0.29, 0.717) is 10.6 Å². The quantitative estimate of drug-likeness (QED) is 0.663. The molecule has 1 fully saturated rings. The van der Waals surface area contributed by atoms with Crippen LogP contribution in [0.4, 0.5) is 18.0 Å². The minimum Gasteiger partial charge on any atom is -0.463 e. The first-order valence-corrected chi connectivity index (χ1v) is 6.80. The number of hydrogen-bond donors (Lipinski definition) is 1. The maximum Gasteiger partial charge on any atom is 0.472 e. The van der Waals surface area contributed by atoms with Crippen molar-refractivity contribution in [1.29, 1.82) is 0 Å². The van der Waals surface area contributed by atoms with Crippen LogP contribution in [0, 0.1) is 0 Å². The summed E-state index contributed by atoms with van der Waals surface area (Å²) in [4.78, 5) is 34.2. The predicted molar refractivity (Wildman–Crippen MR) is 72.0 cm³/mol. The van der Waals surface area contributed by atoms with E-state index in [2.05, 4.69) is 4.74 Å². The van der Waals surface area contributed by atoms with Crippen LogP contribution >= 0.6 is 0 Å². The molecule has 0 spiro atoms. The first-order chi connectivity index (χ1) is 11.3. The summed E-state index contributed by atoms with van der Waals surface area (Å²) in [5.74, 6) is -3.04. The van der Waals surface area contributed by atoms with Gasteiger partial charge in [0.1, 0.15) is 19.3 Å². The van der Waals surface area contributed by atoms with Gasteiger partial charge in [0.2, 0.25) is 0 Å². The SMILES string of the molecule is O=C1C[C@@H](N(NC(=O)C(F)(F)F)C(=O)OCc2ccccc2)CO1. The summed E-state index contributed by atoms with van der Waals surface area (Å²) in [7, 11) is 0. The van der Waals surface area contributed by atoms with Gasteiger partial charge in [0.05, 0.1) is 6.42 Å². The average molecular weight is 346 g/mol. The van der Waals surface area contributed by atoms with Crippen molar-refractivity contribution in [3.63, 3.8) is 0 Å². The van der Waals surface area contributed by atoms with Crippen molar-refractivity contribution in [3.8, 4) is 0 Å². The highest BCUT2D eigenvalue weighted by atomic mass is 19.4. The van der Waals surface area contributed by atoms with E-state index in [4.69, 9.17) is 4.74 Å². The number of alkyl halides is 3. The molecule has 1 N–H and O–H groups in total. The molecule has 24 heavy (non-hydrogen) atoms. The topological polar surface area (TPSA) is 84.9 Å². The standard InChI is InChI=1S/C14H13F3N2O5/c15-14(16,17)12(21)18-19(10-6-11(20)23-8-10)13(22)24-7-9-4-2-1-3-5-9/h1-5,10H,6-8H2,(H,18,21)/t10-/m1/s1. The highest BCUT2D eigenvalue weighted by molar-refractivity contribution is 5.84. The van der Waals surface area contributed by atoms with Gasteiger partial charge < -0.3 is 9.47 Å². The van der Waals surface area contributed by atoms with Gasteiger partial charge in [-0.05, 0) is 5.56 Å². The molecular weight excluding hydrogens is 333 g/mol. The number of hydrogen-bond acceptors (Lipinski definition) is 5. The number of rotatable bonds is 3. The van der Waals surface area contributed by atoms with Gasteiger partial charge in [-0.1, -0.05) is 30.3 Å². The fourth-order valence-electron chi connectivity index (χ4n) is 1.91. The second-order valence-electron chi connectivity index (χ2n) is 4.89. The molecule has 0 bridgehead atoms. The number of nitrogens with zero attached hydrogens (tertiary/aromatic N) is 1. The van der Waals surface area contributed by atoms with E-state index in [1.165, 1.54) is 5.43 Å². The highest BCUT2D eigenvalue weighted by Gasteiger charge is 2.43. The van der Waals surface area contributed by atoms with Gasteiger partial charge in [0.15, 0.2) is 0 Å². The first kappa shape index (κ1) is 17.6. The molecule has 1 atom stereocenters. The number of carbonyl (C=O) groups is 3. The number of halogens is 3. The van der Waals surface area contributed by atoms with Crippen molar-refractivity contribution in [2.45, 2.75) is 25.2 Å². The summed E-state index contributed by atoms with van der Waals surface area (Å²) in [6, 6.07) is 7.34. The Hall–Kier alpha value is -2.78. The van der Waals surface area contributed by atoms with E-state index >= 15 is 0 Å². The largest absolute Gasteiger partial charge is 0.472 e. The lowest BCUT2D eigenvalue weighted by molar-refractivity contribution is -0.178. The maximum atomic E-state index is 12.4. The number of hydrazine groups is 1. The Balaban J connectivity index is 2.05. The molecule has 1 aliphatic heterocycles. The second-order valence-corrected chi connectivity index (χ2v) is 4.89. The van der Waals surface area contributed by atoms with Gasteiger partial charge in [-0.15, -0.1) is 0 Å². The summed E-state index contributed by atoms with van der Waals surface area (Å²) in [5, 5.41) is 0.337. The Labute approximate surface area is 134 Å². The van der Waals surface area contributed by atoms with Crippen LogP contribution in [0.25, 0.3) is 0 Å². The minimum atomic E-state index is -5.19. The molecule has 0 radical (unpaired) electrons. The van der Waals surface area contributed by atoms with Gasteiger partial charge in [-0.3, -0.25) is 15.0 Å². The molecule has 1 aromatic carbocycles. The Bertz CT molecular complexity index is 621. The summed E-state index contributed by atoms with van der Waals surface area (Å²) >= 11 is 0. The number of amides is 2. The molecule has 7 nitrogen and oxygen atoms in total. The summed E-state index contributed by atoms with van der Waals surface area (Å²) in [6.07, 6.45) is -6.76. The van der Waals surface area contributed by atoms with Gasteiger partial charge in [-0.25, -0.2) is 9.80 Å². The number of nitrogens with one attached hydrogen (secondary N) is 1. The molecule has 0 unspecified atom stereocenters. The number of carbonyl (C=O) groups excluding carboxylic acids is 3.